The highest BCUT2D eigenvalue weighted by molar-refractivity contribution is 6.15. The van der Waals surface area contributed by atoms with Crippen LogP contribution in [0.25, 0.3) is 76.9 Å². The summed E-state index contributed by atoms with van der Waals surface area (Å²) in [5.74, 6) is 0. The van der Waals surface area contributed by atoms with Crippen LogP contribution in [0.2, 0.25) is 0 Å². The van der Waals surface area contributed by atoms with Gasteiger partial charge in [-0.3, -0.25) is 0 Å². The van der Waals surface area contributed by atoms with Crippen molar-refractivity contribution in [2.45, 2.75) is 12.8 Å². The summed E-state index contributed by atoms with van der Waals surface area (Å²) in [4.78, 5) is 2.47. The number of nitrogens with zero attached hydrogens (tertiary/aromatic N) is 1. The fourth-order valence-electron chi connectivity index (χ4n) is 8.65. The van der Waals surface area contributed by atoms with Crippen LogP contribution in [0, 0.1) is 0 Å². The molecule has 3 nitrogen and oxygen atoms in total. The highest BCUT2D eigenvalue weighted by atomic mass is 16.3. The minimum Gasteiger partial charge on any atom is -0.455 e. The van der Waals surface area contributed by atoms with Gasteiger partial charge in [0.2, 0.25) is 0 Å². The molecular weight excluding hydrogens is 671 g/mol. The molecule has 2 aromatic heterocycles. The summed E-state index contributed by atoms with van der Waals surface area (Å²) in [6.45, 7) is 0. The van der Waals surface area contributed by atoms with Gasteiger partial charge in [0.15, 0.2) is 0 Å². The molecule has 0 saturated heterocycles. The maximum Gasteiger partial charge on any atom is 0.143 e. The molecule has 0 unspecified atom stereocenters. The first-order valence-electron chi connectivity index (χ1n) is 19.0. The van der Waals surface area contributed by atoms with Crippen LogP contribution >= 0.6 is 0 Å². The maximum absolute atomic E-state index is 6.73. The van der Waals surface area contributed by atoms with Crippen LogP contribution in [-0.2, 0) is 0 Å². The Morgan fingerprint density at radius 1 is 0.400 bits per heavy atom. The lowest BCUT2D eigenvalue weighted by Gasteiger charge is -2.32. The van der Waals surface area contributed by atoms with Crippen molar-refractivity contribution < 1.29 is 8.83 Å². The molecule has 8 aromatic carbocycles. The van der Waals surface area contributed by atoms with E-state index in [1.165, 1.54) is 33.2 Å². The molecule has 0 saturated carbocycles. The zero-order valence-electron chi connectivity index (χ0n) is 30.1. The summed E-state index contributed by atoms with van der Waals surface area (Å²) < 4.78 is 13.4. The average molecular weight is 706 g/mol. The summed E-state index contributed by atoms with van der Waals surface area (Å²) in [6.07, 6.45) is 4.06. The number of hydrogen-bond acceptors (Lipinski definition) is 3. The summed E-state index contributed by atoms with van der Waals surface area (Å²) in [6, 6.07) is 64.7. The van der Waals surface area contributed by atoms with Crippen LogP contribution in [0.1, 0.15) is 24.0 Å². The summed E-state index contributed by atoms with van der Waals surface area (Å²) in [7, 11) is 0. The Kier molecular flexibility index (Phi) is 7.31. The van der Waals surface area contributed by atoms with Crippen molar-refractivity contribution in [3.8, 4) is 11.1 Å². The van der Waals surface area contributed by atoms with Gasteiger partial charge in [-0.1, -0.05) is 152 Å². The monoisotopic (exact) mass is 705 g/mol. The van der Waals surface area contributed by atoms with Crippen molar-refractivity contribution in [3.05, 3.63) is 205 Å². The minimum atomic E-state index is 0.817. The lowest BCUT2D eigenvalue weighted by atomic mass is 9.85. The zero-order valence-corrected chi connectivity index (χ0v) is 30.1. The molecule has 260 valence electrons. The van der Waals surface area contributed by atoms with Crippen LogP contribution in [0.3, 0.4) is 0 Å². The Bertz CT molecular complexity index is 3140. The van der Waals surface area contributed by atoms with Crippen LogP contribution in [0.4, 0.5) is 11.4 Å². The van der Waals surface area contributed by atoms with E-state index in [9.17, 15) is 0 Å². The summed E-state index contributed by atoms with van der Waals surface area (Å²) in [5, 5.41) is 6.92. The van der Waals surface area contributed by atoms with E-state index in [-0.39, 0.29) is 0 Å². The van der Waals surface area contributed by atoms with Gasteiger partial charge in [-0.25, -0.2) is 0 Å². The van der Waals surface area contributed by atoms with Gasteiger partial charge in [0.1, 0.15) is 22.3 Å². The fraction of sp³-hybridized carbons (Fsp3) is 0.0385. The third-order valence-corrected chi connectivity index (χ3v) is 11.2. The molecule has 55 heavy (non-hydrogen) atoms. The van der Waals surface area contributed by atoms with Gasteiger partial charge in [-0.2, -0.15) is 0 Å². The molecule has 0 fully saturated rings. The normalized spacial score (nSPS) is 13.3. The quantitative estimate of drug-likeness (QED) is 0.172. The van der Waals surface area contributed by atoms with E-state index in [4.69, 9.17) is 8.83 Å². The van der Waals surface area contributed by atoms with E-state index < -0.39 is 0 Å². The molecule has 0 aliphatic heterocycles. The predicted octanol–water partition coefficient (Wildman–Crippen LogP) is 14.7. The SMILES string of the molecule is C1=C(N(c2ccc(-c3ccccc3)cc2)c2cccc3ccccc23)CCC(c2cccc3c2oc2ccccc23)=C1c1cccc2c1oc1ccccc12. The molecule has 1 aliphatic rings. The van der Waals surface area contributed by atoms with E-state index in [0.717, 1.165) is 84.8 Å². The number of allylic oxidation sites excluding steroid dienone is 4. The highest BCUT2D eigenvalue weighted by Gasteiger charge is 2.27. The average Bonchev–Trinajstić information content (AvgIpc) is 3.83. The minimum absolute atomic E-state index is 0.817. The first-order valence-corrected chi connectivity index (χ1v) is 19.0. The second-order valence-electron chi connectivity index (χ2n) is 14.3. The first kappa shape index (κ1) is 31.4. The summed E-state index contributed by atoms with van der Waals surface area (Å²) >= 11 is 0. The molecule has 0 spiro atoms. The molecule has 0 radical (unpaired) electrons. The number of fused-ring (bicyclic) bond motifs is 7. The van der Waals surface area contributed by atoms with Crippen molar-refractivity contribution in [1.82, 2.24) is 0 Å². The number of hydrogen-bond donors (Lipinski definition) is 0. The zero-order chi connectivity index (χ0) is 36.3. The van der Waals surface area contributed by atoms with Crippen LogP contribution in [-0.4, -0.2) is 0 Å². The van der Waals surface area contributed by atoms with Crippen molar-refractivity contribution in [1.29, 1.82) is 0 Å². The van der Waals surface area contributed by atoms with Crippen LogP contribution in [0.15, 0.2) is 203 Å². The molecular formula is C52H35NO2. The predicted molar refractivity (Wildman–Crippen MR) is 230 cm³/mol. The van der Waals surface area contributed by atoms with E-state index in [1.54, 1.807) is 0 Å². The molecule has 0 amide bonds. The van der Waals surface area contributed by atoms with Gasteiger partial charge in [-0.15, -0.1) is 0 Å². The Morgan fingerprint density at radius 3 is 1.67 bits per heavy atom. The Hall–Kier alpha value is -7.10. The Morgan fingerprint density at radius 2 is 0.945 bits per heavy atom. The standard InChI is InChI=1S/C52H35NO2/c1-2-13-34(14-3-1)35-27-29-37(30-28-35)53(48-24-10-16-36-15-4-5-17-39(36)48)38-31-32-40(43-20-11-21-44-41-18-6-8-25-49(41)54-51(43)44)47(33-38)46-23-12-22-45-42-19-7-9-26-50(42)55-52(45)46/h1-30,33H,31-32H2. The van der Waals surface area contributed by atoms with Gasteiger partial charge in [0, 0.05) is 49.4 Å². The van der Waals surface area contributed by atoms with Crippen molar-refractivity contribution in [2.24, 2.45) is 0 Å². The van der Waals surface area contributed by atoms with Gasteiger partial charge in [0.25, 0.3) is 0 Å². The molecule has 0 N–H and O–H groups in total. The number of benzene rings is 8. The van der Waals surface area contributed by atoms with E-state index in [2.05, 4.69) is 181 Å². The third-order valence-electron chi connectivity index (χ3n) is 11.2. The fourth-order valence-corrected chi connectivity index (χ4v) is 8.65. The van der Waals surface area contributed by atoms with E-state index in [0.29, 0.717) is 0 Å². The van der Waals surface area contributed by atoms with Gasteiger partial charge in [0.05, 0.1) is 5.69 Å². The number of furan rings is 2. The third kappa shape index (κ3) is 5.20. The number of rotatable bonds is 6. The number of para-hydroxylation sites is 4. The van der Waals surface area contributed by atoms with Crippen LogP contribution in [0.5, 0.6) is 0 Å². The first-order chi connectivity index (χ1) is 27.3. The molecule has 3 heteroatoms. The van der Waals surface area contributed by atoms with Gasteiger partial charge in [-0.05, 0) is 76.9 Å². The molecule has 10 aromatic rings. The molecule has 0 bridgehead atoms. The Labute approximate surface area is 318 Å². The summed E-state index contributed by atoms with van der Waals surface area (Å²) in [5.41, 5.74) is 14.1. The van der Waals surface area contributed by atoms with Gasteiger partial charge < -0.3 is 13.7 Å². The van der Waals surface area contributed by atoms with Crippen LogP contribution < -0.4 is 4.90 Å². The topological polar surface area (TPSA) is 29.5 Å². The molecule has 11 rings (SSSR count). The van der Waals surface area contributed by atoms with Crippen molar-refractivity contribution in [2.75, 3.05) is 4.90 Å². The second-order valence-corrected chi connectivity index (χ2v) is 14.3. The highest BCUT2D eigenvalue weighted by Crippen LogP contribution is 2.47. The molecule has 0 atom stereocenters. The van der Waals surface area contributed by atoms with Gasteiger partial charge >= 0.3 is 0 Å². The number of anilines is 2. The lowest BCUT2D eigenvalue weighted by molar-refractivity contribution is 0.666. The lowest BCUT2D eigenvalue weighted by Crippen LogP contribution is -2.19. The van der Waals surface area contributed by atoms with E-state index >= 15 is 0 Å². The van der Waals surface area contributed by atoms with E-state index in [1.807, 2.05) is 12.1 Å². The second kappa shape index (κ2) is 12.8. The van der Waals surface area contributed by atoms with Crippen molar-refractivity contribution in [3.63, 3.8) is 0 Å². The maximum atomic E-state index is 6.73. The largest absolute Gasteiger partial charge is 0.455 e. The Balaban J connectivity index is 1.18. The van der Waals surface area contributed by atoms with Crippen molar-refractivity contribution >= 4 is 77.2 Å². The molecule has 1 aliphatic carbocycles. The smallest absolute Gasteiger partial charge is 0.143 e. The molecule has 2 heterocycles.